The van der Waals surface area contributed by atoms with E-state index in [0.29, 0.717) is 0 Å². The number of nitrogens with one attached hydrogen (secondary N) is 1. The molecule has 4 nitrogen and oxygen atoms in total. The lowest BCUT2D eigenvalue weighted by Gasteiger charge is -2.06. The number of benzene rings is 1. The fraction of sp³-hybridized carbons (Fsp3) is 0.143. The van der Waals surface area contributed by atoms with Gasteiger partial charge in [0.2, 0.25) is 10.0 Å². The lowest BCUT2D eigenvalue weighted by molar-refractivity contribution is 0.606. The van der Waals surface area contributed by atoms with Crippen LogP contribution in [0.2, 0.25) is 0 Å². The Labute approximate surface area is 75.6 Å². The second kappa shape index (κ2) is 3.21. The fourth-order valence-electron chi connectivity index (χ4n) is 0.826. The van der Waals surface area contributed by atoms with Gasteiger partial charge in [-0.05, 0) is 12.1 Å². The van der Waals surface area contributed by atoms with Crippen LogP contribution in [0.3, 0.4) is 0 Å². The molecule has 0 spiro atoms. The van der Waals surface area contributed by atoms with Gasteiger partial charge in [-0.25, -0.2) is 12.8 Å². The van der Waals surface area contributed by atoms with Crippen LogP contribution in [0.25, 0.3) is 0 Å². The molecule has 6 heteroatoms. The van der Waals surface area contributed by atoms with E-state index < -0.39 is 15.8 Å². The highest BCUT2D eigenvalue weighted by Crippen LogP contribution is 2.21. The first kappa shape index (κ1) is 9.79. The van der Waals surface area contributed by atoms with E-state index in [1.165, 1.54) is 12.1 Å². The van der Waals surface area contributed by atoms with Crippen LogP contribution in [0.1, 0.15) is 0 Å². The highest BCUT2D eigenvalue weighted by Gasteiger charge is 2.07. The van der Waals surface area contributed by atoms with Crippen molar-refractivity contribution in [2.75, 3.05) is 16.7 Å². The number of sulfonamides is 1. The van der Waals surface area contributed by atoms with Crippen LogP contribution in [0.4, 0.5) is 15.8 Å². The lowest BCUT2D eigenvalue weighted by Crippen LogP contribution is -2.11. The Morgan fingerprint density at radius 2 is 2.08 bits per heavy atom. The van der Waals surface area contributed by atoms with Crippen molar-refractivity contribution in [1.29, 1.82) is 0 Å². The van der Waals surface area contributed by atoms with Crippen LogP contribution in [-0.2, 0) is 10.0 Å². The van der Waals surface area contributed by atoms with Crippen molar-refractivity contribution in [1.82, 2.24) is 0 Å². The molecule has 0 unspecified atom stereocenters. The SMILES string of the molecule is CS(=O)(=O)Nc1cccc(F)c1N. The number of anilines is 2. The topological polar surface area (TPSA) is 72.2 Å². The van der Waals surface area contributed by atoms with Crippen LogP contribution >= 0.6 is 0 Å². The number of hydrogen-bond donors (Lipinski definition) is 2. The summed E-state index contributed by atoms with van der Waals surface area (Å²) in [5, 5.41) is 0. The second-order valence-electron chi connectivity index (χ2n) is 2.58. The monoisotopic (exact) mass is 204 g/mol. The number of rotatable bonds is 2. The van der Waals surface area contributed by atoms with Gasteiger partial charge in [-0.3, -0.25) is 4.72 Å². The van der Waals surface area contributed by atoms with Crippen molar-refractivity contribution < 1.29 is 12.8 Å². The minimum absolute atomic E-state index is 0.0579. The van der Waals surface area contributed by atoms with E-state index in [9.17, 15) is 12.8 Å². The summed E-state index contributed by atoms with van der Waals surface area (Å²) in [5.41, 5.74) is 5.14. The Morgan fingerprint density at radius 3 is 2.62 bits per heavy atom. The maximum Gasteiger partial charge on any atom is 0.229 e. The zero-order valence-corrected chi connectivity index (χ0v) is 7.73. The molecule has 0 aromatic heterocycles. The molecule has 0 heterocycles. The fourth-order valence-corrected chi connectivity index (χ4v) is 1.40. The molecule has 72 valence electrons. The van der Waals surface area contributed by atoms with Crippen LogP contribution in [0.5, 0.6) is 0 Å². The summed E-state index contributed by atoms with van der Waals surface area (Å²) in [5.74, 6) is -0.645. The summed E-state index contributed by atoms with van der Waals surface area (Å²) >= 11 is 0. The van der Waals surface area contributed by atoms with E-state index >= 15 is 0 Å². The molecular formula is C7H9FN2O2S. The molecule has 0 bridgehead atoms. The van der Waals surface area contributed by atoms with Gasteiger partial charge < -0.3 is 5.73 Å². The van der Waals surface area contributed by atoms with Gasteiger partial charge in [0.25, 0.3) is 0 Å². The molecular weight excluding hydrogens is 195 g/mol. The zero-order chi connectivity index (χ0) is 10.1. The number of hydrogen-bond acceptors (Lipinski definition) is 3. The Balaban J connectivity index is 3.10. The van der Waals surface area contributed by atoms with Crippen LogP contribution in [0, 0.1) is 5.82 Å². The second-order valence-corrected chi connectivity index (χ2v) is 4.32. The van der Waals surface area contributed by atoms with E-state index in [2.05, 4.69) is 4.72 Å². The molecule has 0 aliphatic heterocycles. The van der Waals surface area contributed by atoms with Crippen molar-refractivity contribution in [3.63, 3.8) is 0 Å². The van der Waals surface area contributed by atoms with E-state index in [-0.39, 0.29) is 11.4 Å². The predicted molar refractivity (Wildman–Crippen MR) is 49.3 cm³/mol. The first-order chi connectivity index (χ1) is 5.90. The van der Waals surface area contributed by atoms with Gasteiger partial charge >= 0.3 is 0 Å². The van der Waals surface area contributed by atoms with E-state index in [0.717, 1.165) is 12.3 Å². The highest BCUT2D eigenvalue weighted by atomic mass is 32.2. The van der Waals surface area contributed by atoms with Gasteiger partial charge in [0.1, 0.15) is 5.82 Å². The summed E-state index contributed by atoms with van der Waals surface area (Å²) < 4.78 is 36.4. The van der Waals surface area contributed by atoms with Crippen molar-refractivity contribution in [3.8, 4) is 0 Å². The number of nitrogen functional groups attached to an aromatic ring is 1. The van der Waals surface area contributed by atoms with Gasteiger partial charge in [-0.1, -0.05) is 6.07 Å². The van der Waals surface area contributed by atoms with Gasteiger partial charge in [0.05, 0.1) is 17.6 Å². The molecule has 1 aromatic rings. The Hall–Kier alpha value is -1.30. The normalized spacial score (nSPS) is 11.2. The summed E-state index contributed by atoms with van der Waals surface area (Å²) in [7, 11) is -3.41. The Morgan fingerprint density at radius 1 is 1.46 bits per heavy atom. The lowest BCUT2D eigenvalue weighted by atomic mass is 10.3. The average Bonchev–Trinajstić information content (AvgIpc) is 1.96. The maximum absolute atomic E-state index is 12.8. The maximum atomic E-state index is 12.8. The minimum atomic E-state index is -3.41. The largest absolute Gasteiger partial charge is 0.395 e. The Bertz CT molecular complexity index is 417. The van der Waals surface area contributed by atoms with Gasteiger partial charge in [-0.2, -0.15) is 0 Å². The third-order valence-electron chi connectivity index (χ3n) is 1.35. The molecule has 0 fully saturated rings. The molecule has 13 heavy (non-hydrogen) atoms. The third-order valence-corrected chi connectivity index (χ3v) is 1.94. The molecule has 0 saturated carbocycles. The predicted octanol–water partition coefficient (Wildman–Crippen LogP) is 0.779. The van der Waals surface area contributed by atoms with Gasteiger partial charge in [-0.15, -0.1) is 0 Å². The molecule has 1 aromatic carbocycles. The van der Waals surface area contributed by atoms with Crippen LogP contribution < -0.4 is 10.5 Å². The van der Waals surface area contributed by atoms with Gasteiger partial charge in [0.15, 0.2) is 0 Å². The third kappa shape index (κ3) is 2.59. The highest BCUT2D eigenvalue weighted by molar-refractivity contribution is 7.92. The molecule has 0 saturated heterocycles. The minimum Gasteiger partial charge on any atom is -0.395 e. The number of para-hydroxylation sites is 1. The molecule has 0 atom stereocenters. The van der Waals surface area contributed by atoms with E-state index in [4.69, 9.17) is 5.73 Å². The van der Waals surface area contributed by atoms with Crippen LogP contribution in [0.15, 0.2) is 18.2 Å². The number of halogens is 1. The van der Waals surface area contributed by atoms with Crippen molar-refractivity contribution in [3.05, 3.63) is 24.0 Å². The van der Waals surface area contributed by atoms with E-state index in [1.54, 1.807) is 0 Å². The molecule has 0 aliphatic rings. The standard InChI is InChI=1S/C7H9FN2O2S/c1-13(11,12)10-6-4-2-3-5(8)7(6)9/h2-4,10H,9H2,1H3. The first-order valence-corrected chi connectivity index (χ1v) is 5.31. The molecule has 3 N–H and O–H groups in total. The molecule has 1 rings (SSSR count). The van der Waals surface area contributed by atoms with Crippen molar-refractivity contribution in [2.24, 2.45) is 0 Å². The van der Waals surface area contributed by atoms with Gasteiger partial charge in [0, 0.05) is 0 Å². The summed E-state index contributed by atoms with van der Waals surface area (Å²) in [4.78, 5) is 0. The summed E-state index contributed by atoms with van der Waals surface area (Å²) in [6, 6.07) is 3.92. The van der Waals surface area contributed by atoms with Crippen LogP contribution in [-0.4, -0.2) is 14.7 Å². The summed E-state index contributed by atoms with van der Waals surface area (Å²) in [6.45, 7) is 0. The quantitative estimate of drug-likeness (QED) is 0.699. The molecule has 0 aliphatic carbocycles. The number of nitrogens with two attached hydrogens (primary N) is 1. The summed E-state index contributed by atoms with van der Waals surface area (Å²) in [6.07, 6.45) is 0.970. The van der Waals surface area contributed by atoms with Crippen molar-refractivity contribution in [2.45, 2.75) is 0 Å². The first-order valence-electron chi connectivity index (χ1n) is 3.42. The average molecular weight is 204 g/mol. The smallest absolute Gasteiger partial charge is 0.229 e. The molecule has 0 amide bonds. The molecule has 0 radical (unpaired) electrons. The zero-order valence-electron chi connectivity index (χ0n) is 6.91. The Kier molecular flexibility index (Phi) is 2.42. The van der Waals surface area contributed by atoms with E-state index in [1.807, 2.05) is 0 Å². The van der Waals surface area contributed by atoms with Crippen molar-refractivity contribution >= 4 is 21.4 Å².